The summed E-state index contributed by atoms with van der Waals surface area (Å²) in [6.45, 7) is 6.67. The number of hydrogen-bond donors (Lipinski definition) is 0. The number of carbonyl (C=O) groups is 1. The van der Waals surface area contributed by atoms with E-state index in [1.54, 1.807) is 12.1 Å². The number of anilines is 1. The first kappa shape index (κ1) is 24.8. The van der Waals surface area contributed by atoms with Gasteiger partial charge in [0.05, 0.1) is 18.6 Å². The zero-order valence-electron chi connectivity index (χ0n) is 21.1. The van der Waals surface area contributed by atoms with Crippen LogP contribution in [0.5, 0.6) is 0 Å². The summed E-state index contributed by atoms with van der Waals surface area (Å²) in [4.78, 5) is 17.4. The van der Waals surface area contributed by atoms with Gasteiger partial charge in [-0.1, -0.05) is 13.8 Å². The molecule has 4 heterocycles. The second-order valence-electron chi connectivity index (χ2n) is 11.5. The number of hydrogen-bond acceptors (Lipinski definition) is 5. The van der Waals surface area contributed by atoms with Gasteiger partial charge in [-0.05, 0) is 87.7 Å². The number of rotatable bonds is 4. The van der Waals surface area contributed by atoms with Crippen molar-refractivity contribution in [1.82, 2.24) is 9.80 Å². The fourth-order valence-electron chi connectivity index (χ4n) is 6.90. The maximum atomic E-state index is 14.2. The highest BCUT2D eigenvalue weighted by atomic mass is 32.2. The van der Waals surface area contributed by atoms with Crippen molar-refractivity contribution in [2.24, 2.45) is 5.92 Å². The van der Waals surface area contributed by atoms with Gasteiger partial charge < -0.3 is 14.5 Å². The molecule has 194 valence electrons. The third kappa shape index (κ3) is 4.66. The Kier molecular flexibility index (Phi) is 6.53. The van der Waals surface area contributed by atoms with Crippen molar-refractivity contribution in [3.63, 3.8) is 0 Å². The fraction of sp³-hybridized carbons (Fsp3) is 0.731. The molecule has 4 aliphatic rings. The van der Waals surface area contributed by atoms with E-state index in [0.29, 0.717) is 30.8 Å². The normalized spacial score (nSPS) is 28.4. The average Bonchev–Trinajstić information content (AvgIpc) is 3.11. The molecule has 1 aromatic rings. The van der Waals surface area contributed by atoms with E-state index in [0.717, 1.165) is 63.6 Å². The van der Waals surface area contributed by atoms with Crippen molar-refractivity contribution in [3.05, 3.63) is 29.6 Å². The van der Waals surface area contributed by atoms with Crippen LogP contribution in [0.4, 0.5) is 14.9 Å². The minimum atomic E-state index is -3.43. The molecule has 7 nitrogen and oxygen atoms in total. The predicted molar refractivity (Wildman–Crippen MR) is 134 cm³/mol. The van der Waals surface area contributed by atoms with Crippen LogP contribution in [-0.2, 0) is 20.2 Å². The van der Waals surface area contributed by atoms with Crippen LogP contribution in [0, 0.1) is 11.7 Å². The number of fused-ring (bicyclic) bond motifs is 4. The molecule has 1 aromatic carbocycles. The maximum absolute atomic E-state index is 14.2. The van der Waals surface area contributed by atoms with E-state index >= 15 is 0 Å². The Balaban J connectivity index is 1.28. The Labute approximate surface area is 208 Å². The van der Waals surface area contributed by atoms with E-state index < -0.39 is 10.0 Å². The number of carbonyl (C=O) groups excluding carboxylic acids is 1. The Morgan fingerprint density at radius 3 is 2.40 bits per heavy atom. The second-order valence-corrected chi connectivity index (χ2v) is 13.4. The van der Waals surface area contributed by atoms with E-state index in [2.05, 4.69) is 18.7 Å². The smallest absolute Gasteiger partial charge is 0.410 e. The average molecular weight is 508 g/mol. The zero-order valence-corrected chi connectivity index (χ0v) is 21.9. The summed E-state index contributed by atoms with van der Waals surface area (Å²) in [7, 11) is -3.43. The van der Waals surface area contributed by atoms with Crippen LogP contribution in [0.1, 0.15) is 64.4 Å². The van der Waals surface area contributed by atoms with E-state index in [4.69, 9.17) is 4.74 Å². The Morgan fingerprint density at radius 2 is 1.80 bits per heavy atom. The molecular weight excluding hydrogens is 469 g/mol. The van der Waals surface area contributed by atoms with Crippen molar-refractivity contribution in [2.45, 2.75) is 82.3 Å². The van der Waals surface area contributed by atoms with Crippen molar-refractivity contribution in [3.8, 4) is 0 Å². The number of nitrogens with zero attached hydrogens (tertiary/aromatic N) is 3. The summed E-state index contributed by atoms with van der Waals surface area (Å²) >= 11 is 0. The molecule has 5 rings (SSSR count). The molecule has 0 radical (unpaired) electrons. The highest BCUT2D eigenvalue weighted by molar-refractivity contribution is 7.92. The molecule has 0 aliphatic carbocycles. The molecule has 1 spiro atoms. The number of halogens is 1. The highest BCUT2D eigenvalue weighted by Crippen LogP contribution is 2.49. The molecular formula is C26H38FN3O4S. The highest BCUT2D eigenvalue weighted by Gasteiger charge is 2.49. The van der Waals surface area contributed by atoms with Crippen molar-refractivity contribution in [2.75, 3.05) is 36.8 Å². The van der Waals surface area contributed by atoms with Crippen molar-refractivity contribution < 1.29 is 22.3 Å². The lowest BCUT2D eigenvalue weighted by atomic mass is 9.73. The molecule has 0 saturated carbocycles. The monoisotopic (exact) mass is 507 g/mol. The van der Waals surface area contributed by atoms with E-state index in [-0.39, 0.29) is 29.4 Å². The molecule has 35 heavy (non-hydrogen) atoms. The standard InChI is InChI=1S/C26H38FN3O4S/c1-18(2)16-34-25(31)30-20-5-4-6-21(30)15-22(14-20)28-11-9-26(10-12-28)17-29(35(3,32)33)24-8-7-19(27)13-23(24)26/h7-8,13,18,20-22H,4-6,9-12,14-17H2,1-3H3. The van der Waals surface area contributed by atoms with Gasteiger partial charge in [0.1, 0.15) is 5.82 Å². The molecule has 4 aliphatic heterocycles. The molecule has 2 bridgehead atoms. The topological polar surface area (TPSA) is 70.2 Å². The van der Waals surface area contributed by atoms with Crippen LogP contribution in [0.15, 0.2) is 18.2 Å². The lowest BCUT2D eigenvalue weighted by Crippen LogP contribution is -2.60. The van der Waals surface area contributed by atoms with Crippen LogP contribution in [0.3, 0.4) is 0 Å². The van der Waals surface area contributed by atoms with Gasteiger partial charge in [-0.2, -0.15) is 0 Å². The SMILES string of the molecule is CC(C)COC(=O)N1C2CCCC1CC(N1CCC3(CC1)CN(S(C)(=O)=O)c1ccc(F)cc13)C2. The summed E-state index contributed by atoms with van der Waals surface area (Å²) < 4.78 is 46.2. The van der Waals surface area contributed by atoms with Gasteiger partial charge in [0.15, 0.2) is 0 Å². The summed E-state index contributed by atoms with van der Waals surface area (Å²) in [6.07, 6.45) is 7.81. The van der Waals surface area contributed by atoms with Gasteiger partial charge in [-0.15, -0.1) is 0 Å². The van der Waals surface area contributed by atoms with Gasteiger partial charge in [0, 0.05) is 30.1 Å². The lowest BCUT2D eigenvalue weighted by molar-refractivity contribution is -0.0196. The van der Waals surface area contributed by atoms with Gasteiger partial charge in [-0.3, -0.25) is 4.31 Å². The number of sulfonamides is 1. The third-order valence-electron chi connectivity index (χ3n) is 8.62. The summed E-state index contributed by atoms with van der Waals surface area (Å²) in [5.74, 6) is 0.00951. The maximum Gasteiger partial charge on any atom is 0.410 e. The van der Waals surface area contributed by atoms with Gasteiger partial charge >= 0.3 is 6.09 Å². The van der Waals surface area contributed by atoms with E-state index in [1.807, 2.05) is 4.90 Å². The number of benzene rings is 1. The second kappa shape index (κ2) is 9.21. The summed E-state index contributed by atoms with van der Waals surface area (Å²) in [5.41, 5.74) is 1.13. The van der Waals surface area contributed by atoms with Gasteiger partial charge in [0.2, 0.25) is 10.0 Å². The van der Waals surface area contributed by atoms with E-state index in [1.165, 1.54) is 16.6 Å². The van der Waals surface area contributed by atoms with Crippen LogP contribution >= 0.6 is 0 Å². The largest absolute Gasteiger partial charge is 0.449 e. The number of amides is 1. The van der Waals surface area contributed by atoms with Crippen molar-refractivity contribution >= 4 is 21.8 Å². The Bertz CT molecular complexity index is 1060. The van der Waals surface area contributed by atoms with Crippen LogP contribution in [0.25, 0.3) is 0 Å². The lowest BCUT2D eigenvalue weighted by Gasteiger charge is -2.52. The van der Waals surface area contributed by atoms with Crippen LogP contribution in [0.2, 0.25) is 0 Å². The molecule has 0 N–H and O–H groups in total. The van der Waals surface area contributed by atoms with Gasteiger partial charge in [0.25, 0.3) is 0 Å². The molecule has 3 saturated heterocycles. The first-order valence-electron chi connectivity index (χ1n) is 13.0. The predicted octanol–water partition coefficient (Wildman–Crippen LogP) is 4.12. The zero-order chi connectivity index (χ0) is 25.0. The Morgan fingerprint density at radius 1 is 1.14 bits per heavy atom. The first-order valence-corrected chi connectivity index (χ1v) is 14.9. The van der Waals surface area contributed by atoms with Crippen molar-refractivity contribution in [1.29, 1.82) is 0 Å². The fourth-order valence-corrected chi connectivity index (χ4v) is 7.90. The quantitative estimate of drug-likeness (QED) is 0.613. The molecule has 2 atom stereocenters. The number of likely N-dealkylation sites (tertiary alicyclic amines) is 1. The molecule has 1 amide bonds. The number of ether oxygens (including phenoxy) is 1. The summed E-state index contributed by atoms with van der Waals surface area (Å²) in [6, 6.07) is 5.37. The summed E-state index contributed by atoms with van der Waals surface area (Å²) in [5, 5.41) is 0. The Hall–Kier alpha value is -1.87. The number of piperidine rings is 3. The molecule has 0 aromatic heterocycles. The molecule has 2 unspecified atom stereocenters. The minimum Gasteiger partial charge on any atom is -0.449 e. The van der Waals surface area contributed by atoms with Crippen LogP contribution < -0.4 is 4.31 Å². The molecule has 9 heteroatoms. The molecule has 3 fully saturated rings. The minimum absolute atomic E-state index is 0.157. The van der Waals surface area contributed by atoms with E-state index in [9.17, 15) is 17.6 Å². The third-order valence-corrected chi connectivity index (χ3v) is 9.74. The van der Waals surface area contributed by atoms with Crippen LogP contribution in [-0.4, -0.2) is 74.9 Å². The first-order chi connectivity index (χ1) is 16.6. The van der Waals surface area contributed by atoms with Gasteiger partial charge in [-0.25, -0.2) is 17.6 Å².